The quantitative estimate of drug-likeness (QED) is 0.368. The van der Waals surface area contributed by atoms with E-state index in [1.54, 1.807) is 0 Å². The van der Waals surface area contributed by atoms with Crippen molar-refractivity contribution in [2.75, 3.05) is 71.0 Å². The maximum atomic E-state index is 5.48. The Hall–Kier alpha value is -3.00. The number of ether oxygens (including phenoxy) is 1. The second-order valence-corrected chi connectivity index (χ2v) is 10.1. The minimum Gasteiger partial charge on any atom is -0.379 e. The summed E-state index contributed by atoms with van der Waals surface area (Å²) >= 11 is 0. The number of morpholine rings is 1. The molecular weight excluding hydrogens is 448 g/mol. The van der Waals surface area contributed by atoms with Crippen LogP contribution in [-0.2, 0) is 11.3 Å². The Kier molecular flexibility index (Phi) is 6.86. The van der Waals surface area contributed by atoms with Gasteiger partial charge in [0.25, 0.3) is 0 Å². The van der Waals surface area contributed by atoms with Gasteiger partial charge in [-0.3, -0.25) is 4.90 Å². The summed E-state index contributed by atoms with van der Waals surface area (Å²) in [6.07, 6.45) is 4.33. The molecule has 7 heteroatoms. The lowest BCUT2D eigenvalue weighted by Gasteiger charge is -2.34. The number of unbranched alkanes of at least 4 members (excludes halogenated alkanes) is 1. The minimum atomic E-state index is 0.865. The summed E-state index contributed by atoms with van der Waals surface area (Å²) in [5.41, 5.74) is 6.61. The van der Waals surface area contributed by atoms with E-state index in [4.69, 9.17) is 14.7 Å². The van der Waals surface area contributed by atoms with Crippen LogP contribution in [0.5, 0.6) is 0 Å². The predicted octanol–water partition coefficient (Wildman–Crippen LogP) is 4.12. The summed E-state index contributed by atoms with van der Waals surface area (Å²) in [6.45, 7) is 10.3. The highest BCUT2D eigenvalue weighted by Gasteiger charge is 2.18. The number of rotatable bonds is 7. The van der Waals surface area contributed by atoms with Gasteiger partial charge in [0.15, 0.2) is 0 Å². The van der Waals surface area contributed by atoms with Crippen LogP contribution in [0.2, 0.25) is 0 Å². The molecule has 0 spiro atoms. The fourth-order valence-corrected chi connectivity index (χ4v) is 5.49. The first-order chi connectivity index (χ1) is 17.8. The average Bonchev–Trinajstić information content (AvgIpc) is 3.36. The van der Waals surface area contributed by atoms with Gasteiger partial charge in [0.2, 0.25) is 0 Å². The van der Waals surface area contributed by atoms with Gasteiger partial charge in [0.05, 0.1) is 36.3 Å². The second-order valence-electron chi connectivity index (χ2n) is 10.1. The minimum absolute atomic E-state index is 0.865. The molecule has 36 heavy (non-hydrogen) atoms. The molecule has 4 aromatic rings. The van der Waals surface area contributed by atoms with E-state index in [0.29, 0.717) is 0 Å². The zero-order valence-electron chi connectivity index (χ0n) is 21.3. The van der Waals surface area contributed by atoms with Crippen LogP contribution >= 0.6 is 0 Å². The van der Waals surface area contributed by atoms with Gasteiger partial charge in [0, 0.05) is 62.5 Å². The predicted molar refractivity (Wildman–Crippen MR) is 147 cm³/mol. The molecule has 0 unspecified atom stereocenters. The van der Waals surface area contributed by atoms with Crippen LogP contribution in [0.1, 0.15) is 12.8 Å². The molecule has 2 aliphatic heterocycles. The zero-order valence-corrected chi connectivity index (χ0v) is 21.3. The molecule has 2 saturated heterocycles. The van der Waals surface area contributed by atoms with Gasteiger partial charge in [-0.05, 0) is 44.6 Å². The maximum Gasteiger partial charge on any atom is 0.115 e. The summed E-state index contributed by atoms with van der Waals surface area (Å²) < 4.78 is 7.81. The second kappa shape index (κ2) is 10.5. The average molecular weight is 485 g/mol. The van der Waals surface area contributed by atoms with E-state index in [2.05, 4.69) is 74.8 Å². The first-order valence-electron chi connectivity index (χ1n) is 13.3. The van der Waals surface area contributed by atoms with Crippen LogP contribution in [0.15, 0.2) is 54.9 Å². The molecule has 6 rings (SSSR count). The highest BCUT2D eigenvalue weighted by atomic mass is 16.5. The van der Waals surface area contributed by atoms with Crippen molar-refractivity contribution in [3.63, 3.8) is 0 Å². The number of imidazole rings is 1. The van der Waals surface area contributed by atoms with E-state index in [1.807, 2.05) is 6.33 Å². The third-order valence-electron chi connectivity index (χ3n) is 7.69. The smallest absolute Gasteiger partial charge is 0.115 e. The number of nitrogens with zero attached hydrogens (tertiary/aromatic N) is 6. The molecular formula is C29H36N6O. The molecule has 0 amide bonds. The van der Waals surface area contributed by atoms with Gasteiger partial charge in [-0.15, -0.1) is 0 Å². The first-order valence-corrected chi connectivity index (χ1v) is 13.3. The number of aromatic nitrogens is 3. The van der Waals surface area contributed by atoms with Crippen molar-refractivity contribution < 1.29 is 4.74 Å². The van der Waals surface area contributed by atoms with Gasteiger partial charge in [-0.2, -0.15) is 0 Å². The molecule has 2 aliphatic rings. The lowest BCUT2D eigenvalue weighted by molar-refractivity contribution is 0.0371. The van der Waals surface area contributed by atoms with Crippen molar-refractivity contribution in [2.45, 2.75) is 19.4 Å². The molecule has 0 radical (unpaired) electrons. The Morgan fingerprint density at radius 3 is 2.39 bits per heavy atom. The molecule has 188 valence electrons. The Morgan fingerprint density at radius 2 is 1.58 bits per heavy atom. The fourth-order valence-electron chi connectivity index (χ4n) is 5.49. The van der Waals surface area contributed by atoms with Crippen molar-refractivity contribution in [1.29, 1.82) is 0 Å². The molecule has 4 heterocycles. The number of anilines is 1. The van der Waals surface area contributed by atoms with Crippen LogP contribution in [0.4, 0.5) is 5.69 Å². The fraction of sp³-hybridized carbons (Fsp3) is 0.448. The molecule has 2 fully saturated rings. The van der Waals surface area contributed by atoms with Gasteiger partial charge in [-0.25, -0.2) is 9.97 Å². The third kappa shape index (κ3) is 4.83. The molecule has 7 nitrogen and oxygen atoms in total. The Bertz CT molecular complexity index is 1300. The van der Waals surface area contributed by atoms with Crippen LogP contribution in [-0.4, -0.2) is 90.4 Å². The lowest BCUT2D eigenvalue weighted by atomic mass is 10.1. The highest BCUT2D eigenvalue weighted by Crippen LogP contribution is 2.33. The summed E-state index contributed by atoms with van der Waals surface area (Å²) in [5.74, 6) is 0. The first kappa shape index (κ1) is 23.4. The van der Waals surface area contributed by atoms with Crippen molar-refractivity contribution in [1.82, 2.24) is 24.3 Å². The van der Waals surface area contributed by atoms with Crippen LogP contribution in [0.3, 0.4) is 0 Å². The van der Waals surface area contributed by atoms with Crippen LogP contribution < -0.4 is 4.90 Å². The molecule has 2 aromatic heterocycles. The lowest BCUT2D eigenvalue weighted by Crippen LogP contribution is -2.44. The van der Waals surface area contributed by atoms with Crippen LogP contribution in [0.25, 0.3) is 33.2 Å². The summed E-state index contributed by atoms with van der Waals surface area (Å²) in [7, 11) is 2.19. The largest absolute Gasteiger partial charge is 0.379 e. The number of aryl methyl sites for hydroxylation is 1. The normalized spacial score (nSPS) is 17.9. The molecule has 0 N–H and O–H groups in total. The van der Waals surface area contributed by atoms with Gasteiger partial charge < -0.3 is 19.1 Å². The Labute approximate surface area is 213 Å². The number of piperazine rings is 1. The maximum absolute atomic E-state index is 5.48. The summed E-state index contributed by atoms with van der Waals surface area (Å²) in [4.78, 5) is 17.3. The van der Waals surface area contributed by atoms with Crippen molar-refractivity contribution in [3.8, 4) is 11.3 Å². The standard InChI is InChI=1S/C29H36N6O/c1-32-14-16-34(17-15-32)24-10-8-23(9-11-24)27-28-29(25-6-2-3-7-26(25)31-27)35(22-30-28)13-5-4-12-33-18-20-36-21-19-33/h2-3,6-11,22H,4-5,12-21H2,1H3. The molecule has 0 atom stereocenters. The van der Waals surface area contributed by atoms with Crippen molar-refractivity contribution >= 4 is 27.6 Å². The topological polar surface area (TPSA) is 49.7 Å². The van der Waals surface area contributed by atoms with Crippen molar-refractivity contribution in [2.24, 2.45) is 0 Å². The molecule has 0 bridgehead atoms. The van der Waals surface area contributed by atoms with E-state index >= 15 is 0 Å². The third-order valence-corrected chi connectivity index (χ3v) is 7.69. The number of fused-ring (bicyclic) bond motifs is 3. The summed E-state index contributed by atoms with van der Waals surface area (Å²) in [5, 5.41) is 1.18. The van der Waals surface area contributed by atoms with Crippen LogP contribution in [0, 0.1) is 0 Å². The van der Waals surface area contributed by atoms with E-state index in [-0.39, 0.29) is 0 Å². The number of likely N-dealkylation sites (N-methyl/N-ethyl adjacent to an activating group) is 1. The van der Waals surface area contributed by atoms with E-state index in [9.17, 15) is 0 Å². The number of benzene rings is 2. The number of hydrogen-bond donors (Lipinski definition) is 0. The van der Waals surface area contributed by atoms with E-state index in [1.165, 1.54) is 23.0 Å². The molecule has 2 aromatic carbocycles. The highest BCUT2D eigenvalue weighted by molar-refractivity contribution is 6.07. The van der Waals surface area contributed by atoms with Gasteiger partial charge in [-0.1, -0.05) is 30.3 Å². The number of para-hydroxylation sites is 1. The molecule has 0 saturated carbocycles. The Balaban J connectivity index is 1.26. The number of hydrogen-bond acceptors (Lipinski definition) is 6. The van der Waals surface area contributed by atoms with Gasteiger partial charge in [0.1, 0.15) is 5.52 Å². The number of pyridine rings is 1. The molecule has 0 aliphatic carbocycles. The van der Waals surface area contributed by atoms with Crippen molar-refractivity contribution in [3.05, 3.63) is 54.9 Å². The van der Waals surface area contributed by atoms with E-state index in [0.717, 1.165) is 94.3 Å². The summed E-state index contributed by atoms with van der Waals surface area (Å²) in [6, 6.07) is 17.4. The van der Waals surface area contributed by atoms with Gasteiger partial charge >= 0.3 is 0 Å². The van der Waals surface area contributed by atoms with E-state index < -0.39 is 0 Å². The monoisotopic (exact) mass is 484 g/mol. The Morgan fingerprint density at radius 1 is 0.833 bits per heavy atom. The zero-order chi connectivity index (χ0) is 24.3. The SMILES string of the molecule is CN1CCN(c2ccc(-c3nc4ccccc4c4c3ncn4CCCCN3CCOCC3)cc2)CC1.